The van der Waals surface area contributed by atoms with Crippen molar-refractivity contribution in [3.8, 4) is 0 Å². The first-order valence-corrected chi connectivity index (χ1v) is 9.36. The van der Waals surface area contributed by atoms with Crippen molar-refractivity contribution < 1.29 is 13.6 Å². The molecule has 0 radical (unpaired) electrons. The van der Waals surface area contributed by atoms with Crippen molar-refractivity contribution in [2.75, 3.05) is 0 Å². The van der Waals surface area contributed by atoms with E-state index in [4.69, 9.17) is 0 Å². The van der Waals surface area contributed by atoms with Gasteiger partial charge in [-0.3, -0.25) is 4.79 Å². The number of rotatable bonds is 7. The molecule has 0 spiro atoms. The lowest BCUT2D eigenvalue weighted by molar-refractivity contribution is 0.0990. The van der Waals surface area contributed by atoms with E-state index in [1.807, 2.05) is 16.0 Å². The number of aryl methyl sites for hydroxylation is 2. The first-order chi connectivity index (χ1) is 12.0. The summed E-state index contributed by atoms with van der Waals surface area (Å²) in [4.78, 5) is 13.7. The molecular weight excluding hydrogens is 364 g/mol. The van der Waals surface area contributed by atoms with E-state index >= 15 is 0 Å². The molecule has 1 aromatic carbocycles. The van der Waals surface area contributed by atoms with Crippen molar-refractivity contribution in [3.05, 3.63) is 64.1 Å². The molecule has 4 nitrogen and oxygen atoms in total. The Bertz CT molecular complexity index is 865. The summed E-state index contributed by atoms with van der Waals surface area (Å²) < 4.78 is 28.7. The highest BCUT2D eigenvalue weighted by atomic mass is 32.2. The van der Waals surface area contributed by atoms with Crippen LogP contribution in [0.3, 0.4) is 0 Å². The smallest absolute Gasteiger partial charge is 0.191 e. The Kier molecular flexibility index (Phi) is 5.60. The number of carbonyl (C=O) groups excluding carboxylic acids is 1. The van der Waals surface area contributed by atoms with Gasteiger partial charge in [0.2, 0.25) is 0 Å². The van der Waals surface area contributed by atoms with E-state index in [1.165, 1.54) is 22.7 Å². The molecule has 0 N–H and O–H groups in total. The number of benzene rings is 1. The van der Waals surface area contributed by atoms with Crippen LogP contribution in [0.1, 0.15) is 22.2 Å². The molecule has 0 aliphatic carbocycles. The van der Waals surface area contributed by atoms with Crippen molar-refractivity contribution in [1.82, 2.24) is 14.8 Å². The quantitative estimate of drug-likeness (QED) is 0.455. The minimum absolute atomic E-state index is 0.119. The highest BCUT2D eigenvalue weighted by Gasteiger charge is 2.22. The molecule has 3 aromatic rings. The molecule has 1 atom stereocenters. The van der Waals surface area contributed by atoms with Crippen LogP contribution in [-0.4, -0.2) is 25.8 Å². The van der Waals surface area contributed by atoms with Crippen LogP contribution in [0.2, 0.25) is 0 Å². The third kappa shape index (κ3) is 4.32. The predicted molar refractivity (Wildman–Crippen MR) is 94.1 cm³/mol. The molecule has 0 aliphatic heterocycles. The fourth-order valence-electron chi connectivity index (χ4n) is 2.29. The van der Waals surface area contributed by atoms with Gasteiger partial charge in [0.15, 0.2) is 10.9 Å². The maximum Gasteiger partial charge on any atom is 0.191 e. The van der Waals surface area contributed by atoms with Crippen molar-refractivity contribution in [3.63, 3.8) is 0 Å². The summed E-state index contributed by atoms with van der Waals surface area (Å²) in [5, 5.41) is 9.99. The Hall–Kier alpha value is -2.06. The van der Waals surface area contributed by atoms with E-state index in [-0.39, 0.29) is 5.56 Å². The lowest BCUT2D eigenvalue weighted by atomic mass is 10.1. The molecular formula is C17H15F2N3OS2. The molecule has 130 valence electrons. The second-order valence-corrected chi connectivity index (χ2v) is 7.72. The van der Waals surface area contributed by atoms with E-state index in [2.05, 4.69) is 16.3 Å². The number of hydrogen-bond acceptors (Lipinski definition) is 5. The topological polar surface area (TPSA) is 47.8 Å². The standard InChI is InChI=1S/C17H15F2N3OS2/c1-11(16(23)14-5-4-12(18)9-15(14)19)25-17-21-20-10-22(17)7-6-13-3-2-8-24-13/h2-5,8-11H,6-7H2,1H3. The van der Waals surface area contributed by atoms with Gasteiger partial charge in [-0.1, -0.05) is 17.8 Å². The van der Waals surface area contributed by atoms with E-state index < -0.39 is 22.7 Å². The second kappa shape index (κ2) is 7.88. The molecule has 25 heavy (non-hydrogen) atoms. The van der Waals surface area contributed by atoms with Gasteiger partial charge in [0, 0.05) is 17.5 Å². The molecule has 0 saturated heterocycles. The minimum atomic E-state index is -0.850. The highest BCUT2D eigenvalue weighted by Crippen LogP contribution is 2.25. The summed E-state index contributed by atoms with van der Waals surface area (Å²) >= 11 is 2.89. The number of Topliss-reactive ketones (excluding diaryl/α,β-unsaturated/α-hetero) is 1. The van der Waals surface area contributed by atoms with Gasteiger partial charge in [-0.25, -0.2) is 8.78 Å². The van der Waals surface area contributed by atoms with Crippen LogP contribution in [-0.2, 0) is 13.0 Å². The highest BCUT2D eigenvalue weighted by molar-refractivity contribution is 8.00. The molecule has 0 bridgehead atoms. The van der Waals surface area contributed by atoms with Gasteiger partial charge in [0.25, 0.3) is 0 Å². The van der Waals surface area contributed by atoms with Crippen molar-refractivity contribution in [2.24, 2.45) is 0 Å². The van der Waals surface area contributed by atoms with Crippen LogP contribution in [0, 0.1) is 11.6 Å². The van der Waals surface area contributed by atoms with E-state index in [0.717, 1.165) is 12.5 Å². The zero-order chi connectivity index (χ0) is 17.8. The second-order valence-electron chi connectivity index (χ2n) is 5.38. The van der Waals surface area contributed by atoms with Gasteiger partial charge >= 0.3 is 0 Å². The number of carbonyl (C=O) groups is 1. The lowest BCUT2D eigenvalue weighted by Gasteiger charge is -2.11. The van der Waals surface area contributed by atoms with Gasteiger partial charge in [0.05, 0.1) is 10.8 Å². The van der Waals surface area contributed by atoms with Crippen LogP contribution in [0.5, 0.6) is 0 Å². The van der Waals surface area contributed by atoms with Crippen LogP contribution in [0.15, 0.2) is 47.2 Å². The Morgan fingerprint density at radius 3 is 2.92 bits per heavy atom. The predicted octanol–water partition coefficient (Wildman–Crippen LogP) is 4.22. The first-order valence-electron chi connectivity index (χ1n) is 7.60. The summed E-state index contributed by atoms with van der Waals surface area (Å²) in [6.45, 7) is 2.37. The molecule has 0 amide bonds. The minimum Gasteiger partial charge on any atom is -0.308 e. The maximum absolute atomic E-state index is 13.8. The van der Waals surface area contributed by atoms with Gasteiger partial charge < -0.3 is 4.57 Å². The number of halogens is 2. The molecule has 2 heterocycles. The van der Waals surface area contributed by atoms with Crippen molar-refractivity contribution in [2.45, 2.75) is 30.3 Å². The number of ketones is 1. The zero-order valence-corrected chi connectivity index (χ0v) is 15.0. The molecule has 1 unspecified atom stereocenters. The number of aromatic nitrogens is 3. The number of nitrogens with zero attached hydrogens (tertiary/aromatic N) is 3. The third-order valence-electron chi connectivity index (χ3n) is 3.61. The molecule has 0 aliphatic rings. The summed E-state index contributed by atoms with van der Waals surface area (Å²) in [6, 6.07) is 7.03. The van der Waals surface area contributed by atoms with Crippen LogP contribution in [0.25, 0.3) is 0 Å². The Labute approximate surface area is 151 Å². The summed E-state index contributed by atoms with van der Waals surface area (Å²) in [5.74, 6) is -1.96. The fourth-order valence-corrected chi connectivity index (χ4v) is 3.91. The number of hydrogen-bond donors (Lipinski definition) is 0. The lowest BCUT2D eigenvalue weighted by Crippen LogP contribution is -2.16. The Balaban J connectivity index is 1.67. The molecule has 0 saturated carbocycles. The van der Waals surface area contributed by atoms with Crippen LogP contribution < -0.4 is 0 Å². The van der Waals surface area contributed by atoms with E-state index in [0.29, 0.717) is 17.8 Å². The number of thioether (sulfide) groups is 1. The van der Waals surface area contributed by atoms with Crippen molar-refractivity contribution >= 4 is 28.9 Å². The summed E-state index contributed by atoms with van der Waals surface area (Å²) in [7, 11) is 0. The average Bonchev–Trinajstić information content (AvgIpc) is 3.24. The van der Waals surface area contributed by atoms with Gasteiger partial charge in [-0.2, -0.15) is 0 Å². The zero-order valence-electron chi connectivity index (χ0n) is 13.4. The van der Waals surface area contributed by atoms with Gasteiger partial charge in [-0.15, -0.1) is 21.5 Å². The monoisotopic (exact) mass is 379 g/mol. The van der Waals surface area contributed by atoms with Crippen LogP contribution in [0.4, 0.5) is 8.78 Å². The Morgan fingerprint density at radius 1 is 1.36 bits per heavy atom. The summed E-state index contributed by atoms with van der Waals surface area (Å²) in [5.41, 5.74) is -0.119. The SMILES string of the molecule is CC(Sc1nncn1CCc1cccs1)C(=O)c1ccc(F)cc1F. The van der Waals surface area contributed by atoms with Crippen molar-refractivity contribution in [1.29, 1.82) is 0 Å². The number of thiophene rings is 1. The fraction of sp³-hybridized carbons (Fsp3) is 0.235. The normalized spacial score (nSPS) is 12.3. The maximum atomic E-state index is 13.8. The summed E-state index contributed by atoms with van der Waals surface area (Å²) in [6.07, 6.45) is 2.46. The molecule has 8 heteroatoms. The first kappa shape index (κ1) is 17.8. The van der Waals surface area contributed by atoms with Gasteiger partial charge in [-0.05, 0) is 36.9 Å². The van der Waals surface area contributed by atoms with Gasteiger partial charge in [0.1, 0.15) is 18.0 Å². The Morgan fingerprint density at radius 2 is 2.20 bits per heavy atom. The molecule has 2 aromatic heterocycles. The molecule has 0 fully saturated rings. The van der Waals surface area contributed by atoms with Crippen LogP contribution >= 0.6 is 23.1 Å². The van der Waals surface area contributed by atoms with E-state index in [9.17, 15) is 13.6 Å². The average molecular weight is 379 g/mol. The van der Waals surface area contributed by atoms with E-state index in [1.54, 1.807) is 24.6 Å². The largest absolute Gasteiger partial charge is 0.308 e. The third-order valence-corrected chi connectivity index (χ3v) is 5.64. The molecule has 3 rings (SSSR count).